The standard InChI is InChI=1S/C14H24N4O/c1-5-16-13-8-6-7-12(17-13)10-18(4)9-11(2)14(19)15-3/h6-8,11H,5,9-10H2,1-4H3,(H,15,19)(H,16,17). The highest BCUT2D eigenvalue weighted by atomic mass is 16.1. The number of hydrogen-bond donors (Lipinski definition) is 2. The first-order valence-corrected chi connectivity index (χ1v) is 6.66. The van der Waals surface area contributed by atoms with Crippen molar-refractivity contribution in [3.8, 4) is 0 Å². The van der Waals surface area contributed by atoms with Crippen LogP contribution >= 0.6 is 0 Å². The molecule has 0 aliphatic rings. The SMILES string of the molecule is CCNc1cccc(CN(C)CC(C)C(=O)NC)n1. The number of nitrogens with zero attached hydrogens (tertiary/aromatic N) is 2. The molecule has 5 heteroatoms. The van der Waals surface area contributed by atoms with Gasteiger partial charge in [0.15, 0.2) is 0 Å². The smallest absolute Gasteiger partial charge is 0.223 e. The Labute approximate surface area is 115 Å². The second kappa shape index (κ2) is 7.74. The molecule has 0 spiro atoms. The summed E-state index contributed by atoms with van der Waals surface area (Å²) < 4.78 is 0. The Morgan fingerprint density at radius 2 is 2.21 bits per heavy atom. The zero-order chi connectivity index (χ0) is 14.3. The van der Waals surface area contributed by atoms with Crippen molar-refractivity contribution in [1.29, 1.82) is 0 Å². The van der Waals surface area contributed by atoms with Gasteiger partial charge in [0, 0.05) is 32.6 Å². The molecule has 1 heterocycles. The van der Waals surface area contributed by atoms with Crippen LogP contribution in [0.4, 0.5) is 5.82 Å². The predicted octanol–water partition coefficient (Wildman–Crippen LogP) is 1.33. The second-order valence-electron chi connectivity index (χ2n) is 4.76. The minimum absolute atomic E-state index is 0.0213. The molecule has 1 unspecified atom stereocenters. The van der Waals surface area contributed by atoms with E-state index in [1.165, 1.54) is 0 Å². The lowest BCUT2D eigenvalue weighted by Crippen LogP contribution is -2.34. The molecular formula is C14H24N4O. The van der Waals surface area contributed by atoms with Gasteiger partial charge in [0.25, 0.3) is 0 Å². The molecule has 1 atom stereocenters. The average molecular weight is 264 g/mol. The van der Waals surface area contributed by atoms with Crippen LogP contribution in [0.15, 0.2) is 18.2 Å². The van der Waals surface area contributed by atoms with Crippen LogP contribution in [-0.2, 0) is 11.3 Å². The number of anilines is 1. The van der Waals surface area contributed by atoms with Crippen molar-refractivity contribution in [2.45, 2.75) is 20.4 Å². The first-order chi connectivity index (χ1) is 9.06. The van der Waals surface area contributed by atoms with Crippen molar-refractivity contribution >= 4 is 11.7 Å². The van der Waals surface area contributed by atoms with Gasteiger partial charge in [-0.25, -0.2) is 4.98 Å². The Hall–Kier alpha value is -1.62. The molecular weight excluding hydrogens is 240 g/mol. The van der Waals surface area contributed by atoms with Gasteiger partial charge in [0.05, 0.1) is 5.69 Å². The van der Waals surface area contributed by atoms with Crippen LogP contribution in [0.5, 0.6) is 0 Å². The molecule has 1 amide bonds. The van der Waals surface area contributed by atoms with Crippen molar-refractivity contribution in [3.63, 3.8) is 0 Å². The molecule has 106 valence electrons. The summed E-state index contributed by atoms with van der Waals surface area (Å²) in [4.78, 5) is 18.1. The molecule has 0 fully saturated rings. The summed E-state index contributed by atoms with van der Waals surface area (Å²) in [5, 5.41) is 5.86. The summed E-state index contributed by atoms with van der Waals surface area (Å²) in [6.07, 6.45) is 0. The maximum atomic E-state index is 11.5. The van der Waals surface area contributed by atoms with E-state index in [1.54, 1.807) is 7.05 Å². The molecule has 5 nitrogen and oxygen atoms in total. The molecule has 19 heavy (non-hydrogen) atoms. The molecule has 0 bridgehead atoms. The molecule has 0 radical (unpaired) electrons. The predicted molar refractivity (Wildman–Crippen MR) is 78.0 cm³/mol. The summed E-state index contributed by atoms with van der Waals surface area (Å²) >= 11 is 0. The maximum Gasteiger partial charge on any atom is 0.223 e. The van der Waals surface area contributed by atoms with E-state index in [4.69, 9.17) is 0 Å². The van der Waals surface area contributed by atoms with Crippen LogP contribution in [0.1, 0.15) is 19.5 Å². The Balaban J connectivity index is 2.54. The summed E-state index contributed by atoms with van der Waals surface area (Å²) in [6, 6.07) is 5.96. The van der Waals surface area contributed by atoms with E-state index in [1.807, 2.05) is 39.1 Å². The van der Waals surface area contributed by atoms with Gasteiger partial charge in [-0.2, -0.15) is 0 Å². The molecule has 1 aromatic rings. The number of amides is 1. The van der Waals surface area contributed by atoms with Gasteiger partial charge >= 0.3 is 0 Å². The maximum absolute atomic E-state index is 11.5. The lowest BCUT2D eigenvalue weighted by molar-refractivity contribution is -0.124. The zero-order valence-electron chi connectivity index (χ0n) is 12.2. The van der Waals surface area contributed by atoms with Gasteiger partial charge in [-0.15, -0.1) is 0 Å². The Morgan fingerprint density at radius 3 is 2.84 bits per heavy atom. The van der Waals surface area contributed by atoms with Gasteiger partial charge in [-0.1, -0.05) is 13.0 Å². The highest BCUT2D eigenvalue weighted by Gasteiger charge is 2.13. The number of carbonyl (C=O) groups excluding carboxylic acids is 1. The van der Waals surface area contributed by atoms with E-state index in [9.17, 15) is 4.79 Å². The van der Waals surface area contributed by atoms with Gasteiger partial charge in [-0.05, 0) is 26.1 Å². The number of pyridine rings is 1. The van der Waals surface area contributed by atoms with E-state index < -0.39 is 0 Å². The monoisotopic (exact) mass is 264 g/mol. The zero-order valence-corrected chi connectivity index (χ0v) is 12.2. The van der Waals surface area contributed by atoms with Crippen LogP contribution in [0, 0.1) is 5.92 Å². The Bertz CT molecular complexity index is 408. The average Bonchev–Trinajstić information content (AvgIpc) is 2.38. The number of aromatic nitrogens is 1. The van der Waals surface area contributed by atoms with Crippen molar-refractivity contribution < 1.29 is 4.79 Å². The third-order valence-corrected chi connectivity index (χ3v) is 2.88. The molecule has 0 saturated carbocycles. The van der Waals surface area contributed by atoms with Crippen molar-refractivity contribution in [2.24, 2.45) is 5.92 Å². The van der Waals surface area contributed by atoms with E-state index in [-0.39, 0.29) is 11.8 Å². The number of nitrogens with one attached hydrogen (secondary N) is 2. The van der Waals surface area contributed by atoms with Crippen LogP contribution in [0.3, 0.4) is 0 Å². The van der Waals surface area contributed by atoms with Gasteiger partial charge in [-0.3, -0.25) is 9.69 Å². The summed E-state index contributed by atoms with van der Waals surface area (Å²) in [7, 11) is 3.67. The fraction of sp³-hybridized carbons (Fsp3) is 0.571. The van der Waals surface area contributed by atoms with Gasteiger partial charge in [0.1, 0.15) is 5.82 Å². The van der Waals surface area contributed by atoms with Crippen molar-refractivity contribution in [1.82, 2.24) is 15.2 Å². The summed E-state index contributed by atoms with van der Waals surface area (Å²) in [5.74, 6) is 0.945. The van der Waals surface area contributed by atoms with Crippen LogP contribution in [0.25, 0.3) is 0 Å². The Kier molecular flexibility index (Phi) is 6.29. The van der Waals surface area contributed by atoms with E-state index in [2.05, 4.69) is 20.5 Å². The van der Waals surface area contributed by atoms with E-state index in [0.29, 0.717) is 6.54 Å². The first kappa shape index (κ1) is 15.4. The van der Waals surface area contributed by atoms with Gasteiger partial charge < -0.3 is 10.6 Å². The van der Waals surface area contributed by atoms with Crippen molar-refractivity contribution in [3.05, 3.63) is 23.9 Å². The van der Waals surface area contributed by atoms with Crippen LogP contribution < -0.4 is 10.6 Å². The quantitative estimate of drug-likeness (QED) is 0.780. The van der Waals surface area contributed by atoms with Gasteiger partial charge in [0.2, 0.25) is 5.91 Å². The second-order valence-corrected chi connectivity index (χ2v) is 4.76. The third kappa shape index (κ3) is 5.26. The highest BCUT2D eigenvalue weighted by molar-refractivity contribution is 5.78. The molecule has 1 rings (SSSR count). The normalized spacial score (nSPS) is 12.3. The fourth-order valence-electron chi connectivity index (χ4n) is 1.99. The molecule has 0 aliphatic carbocycles. The Morgan fingerprint density at radius 1 is 1.47 bits per heavy atom. The first-order valence-electron chi connectivity index (χ1n) is 6.66. The lowest BCUT2D eigenvalue weighted by atomic mass is 10.1. The van der Waals surface area contributed by atoms with E-state index >= 15 is 0 Å². The minimum atomic E-state index is -0.0213. The fourth-order valence-corrected chi connectivity index (χ4v) is 1.99. The van der Waals surface area contributed by atoms with Crippen LogP contribution in [-0.4, -0.2) is 43.0 Å². The molecule has 0 aromatic carbocycles. The van der Waals surface area contributed by atoms with Crippen LogP contribution in [0.2, 0.25) is 0 Å². The number of hydrogen-bond acceptors (Lipinski definition) is 4. The molecule has 1 aromatic heterocycles. The highest BCUT2D eigenvalue weighted by Crippen LogP contribution is 2.08. The minimum Gasteiger partial charge on any atom is -0.370 e. The topological polar surface area (TPSA) is 57.3 Å². The van der Waals surface area contributed by atoms with Crippen molar-refractivity contribution in [2.75, 3.05) is 32.5 Å². The summed E-state index contributed by atoms with van der Waals surface area (Å²) in [6.45, 7) is 6.29. The third-order valence-electron chi connectivity index (χ3n) is 2.88. The number of rotatable bonds is 7. The van der Waals surface area contributed by atoms with E-state index in [0.717, 1.165) is 24.6 Å². The molecule has 0 aliphatic heterocycles. The summed E-state index contributed by atoms with van der Waals surface area (Å²) in [5.41, 5.74) is 1.00. The molecule has 0 saturated heterocycles. The largest absolute Gasteiger partial charge is 0.370 e. The lowest BCUT2D eigenvalue weighted by Gasteiger charge is -2.20. The number of carbonyl (C=O) groups is 1. The molecule has 2 N–H and O–H groups in total.